The Morgan fingerprint density at radius 3 is 1.51 bits per heavy atom. The quantitative estimate of drug-likeness (QED) is 0.292. The molecule has 0 aromatic heterocycles. The van der Waals surface area contributed by atoms with Crippen molar-refractivity contribution in [2.45, 2.75) is 9.79 Å². The molecule has 37 heavy (non-hydrogen) atoms. The third kappa shape index (κ3) is 4.30. The Labute approximate surface area is 213 Å². The first-order valence-electron chi connectivity index (χ1n) is 11.2. The second kappa shape index (κ2) is 9.44. The van der Waals surface area contributed by atoms with E-state index in [1.807, 2.05) is 0 Å². The van der Waals surface area contributed by atoms with Crippen LogP contribution in [0.4, 0.5) is 11.4 Å². The van der Waals surface area contributed by atoms with Gasteiger partial charge in [0, 0.05) is 34.7 Å². The van der Waals surface area contributed by atoms with Crippen molar-refractivity contribution in [2.75, 3.05) is 14.2 Å². The summed E-state index contributed by atoms with van der Waals surface area (Å²) < 4.78 is 37.0. The third-order valence-corrected chi connectivity index (χ3v) is 7.84. The van der Waals surface area contributed by atoms with Gasteiger partial charge in [-0.05, 0) is 48.5 Å². The molecular weight excluding hydrogens is 492 g/mol. The molecular formula is C28H22N2O6S. The number of benzene rings is 4. The van der Waals surface area contributed by atoms with Gasteiger partial charge in [0.1, 0.15) is 0 Å². The van der Waals surface area contributed by atoms with Gasteiger partial charge in [-0.15, -0.1) is 0 Å². The number of aliphatic imine (C=N–C) groups is 2. The van der Waals surface area contributed by atoms with E-state index in [9.17, 15) is 18.6 Å². The summed E-state index contributed by atoms with van der Waals surface area (Å²) in [4.78, 5) is 9.02. The zero-order chi connectivity index (χ0) is 26.2. The van der Waals surface area contributed by atoms with Crippen molar-refractivity contribution < 1.29 is 28.1 Å². The molecule has 186 valence electrons. The number of aromatic hydroxyl groups is 2. The normalized spacial score (nSPS) is 13.6. The first kappa shape index (κ1) is 24.1. The smallest absolute Gasteiger partial charge is 0.207 e. The van der Waals surface area contributed by atoms with Crippen LogP contribution in [0.1, 0.15) is 11.1 Å². The van der Waals surface area contributed by atoms with Gasteiger partial charge in [-0.25, -0.2) is 8.42 Å². The lowest BCUT2D eigenvalue weighted by molar-refractivity contribution is 0.373. The van der Waals surface area contributed by atoms with E-state index in [0.717, 1.165) is 0 Å². The largest absolute Gasteiger partial charge is 0.504 e. The van der Waals surface area contributed by atoms with E-state index >= 15 is 0 Å². The van der Waals surface area contributed by atoms with Crippen molar-refractivity contribution in [3.05, 3.63) is 83.9 Å². The van der Waals surface area contributed by atoms with Crippen LogP contribution < -0.4 is 9.47 Å². The molecule has 5 rings (SSSR count). The molecule has 1 aliphatic rings. The second-order valence-corrected chi connectivity index (χ2v) is 10.1. The fourth-order valence-corrected chi connectivity index (χ4v) is 5.82. The summed E-state index contributed by atoms with van der Waals surface area (Å²) in [7, 11) is -0.886. The SMILES string of the molecule is COc1cccc(C=Nc2ccc3c(c2)S(=O)(=O)c2cc(N=Cc4cccc(OC)c4O)ccc2-3)c1O. The van der Waals surface area contributed by atoms with Crippen LogP contribution in [0.25, 0.3) is 11.1 Å². The summed E-state index contributed by atoms with van der Waals surface area (Å²) in [6.07, 6.45) is 2.91. The van der Waals surface area contributed by atoms with E-state index < -0.39 is 9.84 Å². The first-order chi connectivity index (χ1) is 17.8. The lowest BCUT2D eigenvalue weighted by Gasteiger charge is -2.05. The molecule has 0 spiro atoms. The van der Waals surface area contributed by atoms with Crippen LogP contribution in [0.2, 0.25) is 0 Å². The van der Waals surface area contributed by atoms with Crippen molar-refractivity contribution in [3.63, 3.8) is 0 Å². The fourth-order valence-electron chi connectivity index (χ4n) is 4.10. The van der Waals surface area contributed by atoms with Gasteiger partial charge in [-0.1, -0.05) is 24.3 Å². The Morgan fingerprint density at radius 2 is 1.11 bits per heavy atom. The van der Waals surface area contributed by atoms with Crippen LogP contribution in [0.15, 0.2) is 92.6 Å². The highest BCUT2D eigenvalue weighted by atomic mass is 32.2. The number of methoxy groups -OCH3 is 2. The lowest BCUT2D eigenvalue weighted by atomic mass is 10.1. The average molecular weight is 515 g/mol. The predicted molar refractivity (Wildman–Crippen MR) is 141 cm³/mol. The summed E-state index contributed by atoms with van der Waals surface area (Å²) >= 11 is 0. The maximum atomic E-state index is 13.4. The summed E-state index contributed by atoms with van der Waals surface area (Å²) in [6.45, 7) is 0. The van der Waals surface area contributed by atoms with Gasteiger partial charge < -0.3 is 19.7 Å². The second-order valence-electron chi connectivity index (χ2n) is 8.18. The summed E-state index contributed by atoms with van der Waals surface area (Å²) in [6, 6.07) is 19.9. The van der Waals surface area contributed by atoms with E-state index in [1.165, 1.54) is 38.8 Å². The number of hydrogen-bond donors (Lipinski definition) is 2. The van der Waals surface area contributed by atoms with Crippen LogP contribution in [0.3, 0.4) is 0 Å². The minimum atomic E-state index is -3.80. The van der Waals surface area contributed by atoms with E-state index in [4.69, 9.17) is 9.47 Å². The zero-order valence-corrected chi connectivity index (χ0v) is 20.7. The minimum Gasteiger partial charge on any atom is -0.504 e. The number of sulfone groups is 1. The third-order valence-electron chi connectivity index (χ3n) is 6.01. The Kier molecular flexibility index (Phi) is 6.14. The molecule has 8 nitrogen and oxygen atoms in total. The number of phenols is 2. The van der Waals surface area contributed by atoms with Gasteiger partial charge >= 0.3 is 0 Å². The number of hydrogen-bond acceptors (Lipinski definition) is 8. The number of phenolic OH excluding ortho intramolecular Hbond substituents is 2. The Hall–Kier alpha value is -4.63. The highest BCUT2D eigenvalue weighted by molar-refractivity contribution is 7.92. The van der Waals surface area contributed by atoms with Crippen LogP contribution in [-0.2, 0) is 9.84 Å². The van der Waals surface area contributed by atoms with E-state index in [1.54, 1.807) is 60.7 Å². The van der Waals surface area contributed by atoms with Crippen molar-refractivity contribution in [3.8, 4) is 34.1 Å². The Balaban J connectivity index is 1.46. The van der Waals surface area contributed by atoms with Gasteiger partial charge in [-0.3, -0.25) is 9.98 Å². The molecule has 1 aliphatic heterocycles. The van der Waals surface area contributed by atoms with Gasteiger partial charge in [0.15, 0.2) is 23.0 Å². The number of ether oxygens (including phenoxy) is 2. The maximum absolute atomic E-state index is 13.4. The molecule has 2 N–H and O–H groups in total. The molecule has 0 aliphatic carbocycles. The maximum Gasteiger partial charge on any atom is 0.207 e. The van der Waals surface area contributed by atoms with Gasteiger partial charge in [0.2, 0.25) is 9.84 Å². The van der Waals surface area contributed by atoms with E-state index in [2.05, 4.69) is 9.98 Å². The topological polar surface area (TPSA) is 118 Å². The Bertz CT molecular complexity index is 1570. The summed E-state index contributed by atoms with van der Waals surface area (Å²) in [5.74, 6) is 0.530. The molecule has 0 saturated heterocycles. The fraction of sp³-hybridized carbons (Fsp3) is 0.0714. The van der Waals surface area contributed by atoms with Crippen molar-refractivity contribution in [2.24, 2.45) is 9.98 Å². The van der Waals surface area contributed by atoms with Crippen molar-refractivity contribution in [1.82, 2.24) is 0 Å². The molecule has 0 amide bonds. The average Bonchev–Trinajstić information content (AvgIpc) is 3.13. The molecule has 1 heterocycles. The summed E-state index contributed by atoms with van der Waals surface area (Å²) in [5, 5.41) is 20.5. The van der Waals surface area contributed by atoms with Crippen LogP contribution >= 0.6 is 0 Å². The van der Waals surface area contributed by atoms with Crippen LogP contribution in [0, 0.1) is 0 Å². The van der Waals surface area contributed by atoms with Gasteiger partial charge in [-0.2, -0.15) is 0 Å². The highest BCUT2D eigenvalue weighted by Crippen LogP contribution is 2.45. The molecule has 0 bridgehead atoms. The molecule has 0 unspecified atom stereocenters. The van der Waals surface area contributed by atoms with Crippen molar-refractivity contribution in [1.29, 1.82) is 0 Å². The number of para-hydroxylation sites is 2. The molecule has 0 saturated carbocycles. The van der Waals surface area contributed by atoms with E-state index in [-0.39, 0.29) is 21.3 Å². The van der Waals surface area contributed by atoms with Crippen LogP contribution in [0.5, 0.6) is 23.0 Å². The first-order valence-corrected chi connectivity index (χ1v) is 12.7. The summed E-state index contributed by atoms with van der Waals surface area (Å²) in [5.41, 5.74) is 2.89. The number of fused-ring (bicyclic) bond motifs is 3. The standard InChI is InChI=1S/C28H22N2O6S/c1-35-23-7-3-5-17(27(23)31)15-29-19-9-11-21-22-12-10-20(14-26(22)37(33,34)25(21)13-19)30-16-18-6-4-8-24(36-2)28(18)32/h3-16,31-32H,1-2H3. The minimum absolute atomic E-state index is 0.0507. The van der Waals surface area contributed by atoms with Gasteiger partial charge in [0.25, 0.3) is 0 Å². The Morgan fingerprint density at radius 1 is 0.676 bits per heavy atom. The zero-order valence-electron chi connectivity index (χ0n) is 19.9. The molecule has 0 atom stereocenters. The van der Waals surface area contributed by atoms with Gasteiger partial charge in [0.05, 0.1) is 35.4 Å². The lowest BCUT2D eigenvalue weighted by Crippen LogP contribution is -1.96. The van der Waals surface area contributed by atoms with Crippen LogP contribution in [-0.4, -0.2) is 45.3 Å². The number of rotatable bonds is 6. The number of nitrogens with zero attached hydrogens (tertiary/aromatic N) is 2. The molecule has 0 fully saturated rings. The van der Waals surface area contributed by atoms with E-state index in [0.29, 0.717) is 45.1 Å². The molecule has 9 heteroatoms. The highest BCUT2D eigenvalue weighted by Gasteiger charge is 2.33. The molecule has 4 aromatic carbocycles. The molecule has 0 radical (unpaired) electrons. The van der Waals surface area contributed by atoms with Crippen molar-refractivity contribution >= 4 is 33.6 Å². The molecule has 4 aromatic rings. The monoisotopic (exact) mass is 514 g/mol. The predicted octanol–water partition coefficient (Wildman–Crippen LogP) is 5.43.